The van der Waals surface area contributed by atoms with Gasteiger partial charge in [-0.05, 0) is 62.6 Å². The lowest BCUT2D eigenvalue weighted by Crippen LogP contribution is -2.49. The maximum atomic E-state index is 12.4. The second-order valence-electron chi connectivity index (χ2n) is 7.43. The molecule has 1 fully saturated rings. The van der Waals surface area contributed by atoms with Gasteiger partial charge in [-0.3, -0.25) is 4.79 Å². The van der Waals surface area contributed by atoms with Gasteiger partial charge in [0.2, 0.25) is 15.9 Å². The van der Waals surface area contributed by atoms with Crippen LogP contribution < -0.4 is 20.1 Å². The van der Waals surface area contributed by atoms with E-state index < -0.39 is 10.0 Å². The average Bonchev–Trinajstić information content (AvgIpc) is 2.74. The molecule has 10 heteroatoms. The molecule has 0 spiro atoms. The highest BCUT2D eigenvalue weighted by Gasteiger charge is 2.25. The maximum absolute atomic E-state index is 12.4. The number of nitrogens with zero attached hydrogens (tertiary/aromatic N) is 1. The molecule has 1 aromatic heterocycles. The number of nitrogens with one attached hydrogen (secondary N) is 3. The normalized spacial score (nSPS) is 19.0. The molecule has 2 unspecified atom stereocenters. The van der Waals surface area contributed by atoms with E-state index in [4.69, 9.17) is 16.3 Å². The number of amides is 1. The number of piperidine rings is 1. The number of benzene rings is 1. The summed E-state index contributed by atoms with van der Waals surface area (Å²) in [7, 11) is -3.63. The number of aromatic nitrogens is 1. The summed E-state index contributed by atoms with van der Waals surface area (Å²) in [4.78, 5) is 15.7. The summed E-state index contributed by atoms with van der Waals surface area (Å²) in [6.07, 6.45) is 3.86. The van der Waals surface area contributed by atoms with E-state index >= 15 is 0 Å². The van der Waals surface area contributed by atoms with Gasteiger partial charge >= 0.3 is 0 Å². The third-order valence-corrected chi connectivity index (χ3v) is 6.70. The summed E-state index contributed by atoms with van der Waals surface area (Å²) in [5.74, 6) is 1.35. The van der Waals surface area contributed by atoms with E-state index in [0.29, 0.717) is 49.7 Å². The van der Waals surface area contributed by atoms with Crippen LogP contribution in [-0.4, -0.2) is 44.5 Å². The summed E-state index contributed by atoms with van der Waals surface area (Å²) in [5, 5.41) is 6.79. The Labute approximate surface area is 187 Å². The Bertz CT molecular complexity index is 968. The van der Waals surface area contributed by atoms with Gasteiger partial charge < -0.3 is 15.4 Å². The van der Waals surface area contributed by atoms with Crippen molar-refractivity contribution in [2.45, 2.75) is 49.6 Å². The highest BCUT2D eigenvalue weighted by atomic mass is 35.5. The van der Waals surface area contributed by atoms with E-state index in [1.165, 1.54) is 12.3 Å². The van der Waals surface area contributed by atoms with E-state index in [0.717, 1.165) is 5.75 Å². The van der Waals surface area contributed by atoms with Gasteiger partial charge in [0, 0.05) is 36.3 Å². The first kappa shape index (κ1) is 23.3. The monoisotopic (exact) mass is 466 g/mol. The quantitative estimate of drug-likeness (QED) is 0.464. The topological polar surface area (TPSA) is 109 Å². The Morgan fingerprint density at radius 3 is 2.65 bits per heavy atom. The van der Waals surface area contributed by atoms with E-state index in [2.05, 4.69) is 20.3 Å². The first-order valence-corrected chi connectivity index (χ1v) is 12.1. The highest BCUT2D eigenvalue weighted by Crippen LogP contribution is 2.17. The van der Waals surface area contributed by atoms with Crippen LogP contribution in [0.5, 0.6) is 5.75 Å². The molecule has 3 rings (SSSR count). The largest absolute Gasteiger partial charge is 0.494 e. The van der Waals surface area contributed by atoms with E-state index in [1.54, 1.807) is 30.3 Å². The van der Waals surface area contributed by atoms with E-state index in [-0.39, 0.29) is 22.9 Å². The van der Waals surface area contributed by atoms with Crippen LogP contribution in [0.1, 0.15) is 32.6 Å². The van der Waals surface area contributed by atoms with Gasteiger partial charge in [-0.15, -0.1) is 0 Å². The Morgan fingerprint density at radius 2 is 1.97 bits per heavy atom. The van der Waals surface area contributed by atoms with Crippen LogP contribution in [0.15, 0.2) is 47.5 Å². The minimum Gasteiger partial charge on any atom is -0.494 e. The lowest BCUT2D eigenvalue weighted by atomic mass is 9.99. The zero-order valence-corrected chi connectivity index (χ0v) is 18.9. The van der Waals surface area contributed by atoms with Gasteiger partial charge in [0.1, 0.15) is 16.5 Å². The maximum Gasteiger partial charge on any atom is 0.242 e. The van der Waals surface area contributed by atoms with Gasteiger partial charge in [0.15, 0.2) is 0 Å². The molecular formula is C21H27ClN4O4S. The molecule has 0 radical (unpaired) electrons. The number of rotatable bonds is 10. The number of ether oxygens (including phenoxy) is 1. The molecule has 3 N–H and O–H groups in total. The fourth-order valence-electron chi connectivity index (χ4n) is 3.21. The highest BCUT2D eigenvalue weighted by molar-refractivity contribution is 7.89. The number of hydrogen-bond acceptors (Lipinski definition) is 6. The van der Waals surface area contributed by atoms with Gasteiger partial charge in [-0.1, -0.05) is 11.6 Å². The zero-order chi connectivity index (χ0) is 22.3. The molecule has 8 nitrogen and oxygen atoms in total. The number of anilines is 1. The average molecular weight is 467 g/mol. The van der Waals surface area contributed by atoms with Crippen molar-refractivity contribution >= 4 is 33.3 Å². The molecule has 0 bridgehead atoms. The Kier molecular flexibility index (Phi) is 8.11. The third-order valence-electron chi connectivity index (χ3n) is 5.00. The molecular weight excluding hydrogens is 440 g/mol. The molecule has 2 heterocycles. The number of hydrogen-bond donors (Lipinski definition) is 3. The van der Waals surface area contributed by atoms with Crippen molar-refractivity contribution in [1.29, 1.82) is 0 Å². The van der Waals surface area contributed by atoms with Crippen LogP contribution in [0.2, 0.25) is 5.02 Å². The molecule has 2 aromatic rings. The summed E-state index contributed by atoms with van der Waals surface area (Å²) in [5.41, 5.74) is 0. The van der Waals surface area contributed by atoms with Crippen molar-refractivity contribution in [3.8, 4) is 5.75 Å². The summed E-state index contributed by atoms with van der Waals surface area (Å²) in [6, 6.07) is 10.3. The van der Waals surface area contributed by atoms with Crippen molar-refractivity contribution in [3.63, 3.8) is 0 Å². The fourth-order valence-corrected chi connectivity index (χ4v) is 4.36. The van der Waals surface area contributed by atoms with Crippen molar-refractivity contribution in [1.82, 2.24) is 15.0 Å². The Morgan fingerprint density at radius 1 is 1.19 bits per heavy atom. The minimum absolute atomic E-state index is 0.0169. The van der Waals surface area contributed by atoms with Gasteiger partial charge in [0.05, 0.1) is 6.61 Å². The molecule has 0 saturated carbocycles. The van der Waals surface area contributed by atoms with Gasteiger partial charge in [-0.2, -0.15) is 0 Å². The lowest BCUT2D eigenvalue weighted by Gasteiger charge is -2.30. The molecule has 1 aliphatic heterocycles. The van der Waals surface area contributed by atoms with Crippen molar-refractivity contribution in [3.05, 3.63) is 47.6 Å². The molecule has 1 amide bonds. The lowest BCUT2D eigenvalue weighted by molar-refractivity contribution is -0.123. The molecule has 2 atom stereocenters. The van der Waals surface area contributed by atoms with Crippen molar-refractivity contribution in [2.75, 3.05) is 18.5 Å². The first-order valence-electron chi connectivity index (χ1n) is 10.2. The van der Waals surface area contributed by atoms with Crippen LogP contribution in [-0.2, 0) is 14.8 Å². The second kappa shape index (κ2) is 10.8. The van der Waals surface area contributed by atoms with E-state index in [1.807, 2.05) is 6.92 Å². The number of sulfonamides is 1. The van der Waals surface area contributed by atoms with Gasteiger partial charge in [0.25, 0.3) is 0 Å². The standard InChI is InChI=1S/C21H27ClN4O4S/c1-15-19(9-11-21(27)25-15)26-20-10-8-18(14-23-20)31(28,29)24-12-2-3-13-30-17-6-4-16(22)5-7-17/h4-8,10,14-15,19,24H,2-3,9,11-13H2,1H3,(H,23,26)(H,25,27). The minimum atomic E-state index is -3.63. The number of halogens is 1. The number of carbonyl (C=O) groups excluding carboxylic acids is 1. The number of pyridine rings is 1. The number of unbranched alkanes of at least 4 members (excludes halogenated alkanes) is 1. The predicted molar refractivity (Wildman–Crippen MR) is 120 cm³/mol. The molecule has 31 heavy (non-hydrogen) atoms. The van der Waals surface area contributed by atoms with Crippen LogP contribution in [0.25, 0.3) is 0 Å². The Balaban J connectivity index is 1.40. The predicted octanol–water partition coefficient (Wildman–Crippen LogP) is 2.95. The summed E-state index contributed by atoms with van der Waals surface area (Å²) < 4.78 is 33.1. The Hall–Kier alpha value is -2.36. The zero-order valence-electron chi connectivity index (χ0n) is 17.3. The van der Waals surface area contributed by atoms with Crippen molar-refractivity contribution in [2.24, 2.45) is 0 Å². The van der Waals surface area contributed by atoms with E-state index in [9.17, 15) is 13.2 Å². The molecule has 168 valence electrons. The SMILES string of the molecule is CC1NC(=O)CCC1Nc1ccc(S(=O)(=O)NCCCCOc2ccc(Cl)cc2)cn1. The number of carbonyl (C=O) groups is 1. The van der Waals surface area contributed by atoms with Gasteiger partial charge in [-0.25, -0.2) is 18.1 Å². The third kappa shape index (κ3) is 7.09. The van der Waals surface area contributed by atoms with Crippen LogP contribution >= 0.6 is 11.6 Å². The van der Waals surface area contributed by atoms with Crippen LogP contribution in [0.4, 0.5) is 5.82 Å². The smallest absolute Gasteiger partial charge is 0.242 e. The fraction of sp³-hybridized carbons (Fsp3) is 0.429. The molecule has 1 aliphatic rings. The molecule has 1 saturated heterocycles. The molecule has 1 aromatic carbocycles. The van der Waals surface area contributed by atoms with Crippen LogP contribution in [0.3, 0.4) is 0 Å². The summed E-state index contributed by atoms with van der Waals surface area (Å²) >= 11 is 5.83. The first-order chi connectivity index (χ1) is 14.8. The van der Waals surface area contributed by atoms with Crippen molar-refractivity contribution < 1.29 is 17.9 Å². The second-order valence-corrected chi connectivity index (χ2v) is 9.64. The van der Waals surface area contributed by atoms with Crippen LogP contribution in [0, 0.1) is 0 Å². The molecule has 0 aliphatic carbocycles. The summed E-state index contributed by atoms with van der Waals surface area (Å²) in [6.45, 7) is 2.73.